The number of hydrogen-bond donors (Lipinski definition) is 1. The molecule has 0 aliphatic carbocycles. The van der Waals surface area contributed by atoms with E-state index in [1.807, 2.05) is 19.9 Å². The molecule has 2 amide bonds. The van der Waals surface area contributed by atoms with E-state index in [1.165, 1.54) is 6.92 Å². The first-order chi connectivity index (χ1) is 8.96. The van der Waals surface area contributed by atoms with Gasteiger partial charge in [0.15, 0.2) is 5.78 Å². The number of hydrogen-bond acceptors (Lipinski definition) is 4. The number of anilines is 1. The molecular weight excluding hydrogens is 246 g/mol. The third kappa shape index (κ3) is 2.94. The van der Waals surface area contributed by atoms with Crippen molar-refractivity contribution in [2.45, 2.75) is 27.7 Å². The normalized spacial score (nSPS) is 9.84. The van der Waals surface area contributed by atoms with E-state index < -0.39 is 0 Å². The highest BCUT2D eigenvalue weighted by Crippen LogP contribution is 2.26. The summed E-state index contributed by atoms with van der Waals surface area (Å²) in [7, 11) is 0. The molecule has 6 heteroatoms. The third-order valence-electron chi connectivity index (χ3n) is 2.82. The predicted molar refractivity (Wildman–Crippen MR) is 70.1 cm³/mol. The molecule has 0 unspecified atom stereocenters. The van der Waals surface area contributed by atoms with Gasteiger partial charge >= 0.3 is 6.03 Å². The van der Waals surface area contributed by atoms with Crippen LogP contribution in [0.3, 0.4) is 0 Å². The van der Waals surface area contributed by atoms with Gasteiger partial charge in [-0.2, -0.15) is 5.26 Å². The van der Waals surface area contributed by atoms with Gasteiger partial charge in [-0.3, -0.25) is 10.1 Å². The van der Waals surface area contributed by atoms with Gasteiger partial charge in [0.2, 0.25) is 5.88 Å². The van der Waals surface area contributed by atoms with Gasteiger partial charge in [-0.25, -0.2) is 4.79 Å². The van der Waals surface area contributed by atoms with Gasteiger partial charge in [-0.15, -0.1) is 0 Å². The fourth-order valence-corrected chi connectivity index (χ4v) is 1.85. The van der Waals surface area contributed by atoms with Crippen LogP contribution in [-0.2, 0) is 0 Å². The number of nitrogens with one attached hydrogen (secondary N) is 1. The largest absolute Gasteiger partial charge is 0.443 e. The predicted octanol–water partition coefficient (Wildman–Crippen LogP) is 2.54. The van der Waals surface area contributed by atoms with Crippen LogP contribution in [0.1, 0.15) is 42.5 Å². The van der Waals surface area contributed by atoms with Gasteiger partial charge in [-0.05, 0) is 27.7 Å². The summed E-state index contributed by atoms with van der Waals surface area (Å²) in [4.78, 5) is 24.9. The highest BCUT2D eigenvalue weighted by Gasteiger charge is 2.23. The molecule has 0 aliphatic rings. The van der Waals surface area contributed by atoms with Crippen LogP contribution in [0.4, 0.5) is 10.7 Å². The first-order valence-electron chi connectivity index (χ1n) is 6.06. The van der Waals surface area contributed by atoms with Crippen molar-refractivity contribution in [3.05, 3.63) is 16.9 Å². The Bertz CT molecular complexity index is 536. The van der Waals surface area contributed by atoms with Gasteiger partial charge in [0.1, 0.15) is 17.4 Å². The fourth-order valence-electron chi connectivity index (χ4n) is 1.85. The molecule has 0 radical (unpaired) electrons. The second kappa shape index (κ2) is 6.05. The molecule has 19 heavy (non-hydrogen) atoms. The summed E-state index contributed by atoms with van der Waals surface area (Å²) in [6, 6.07) is 1.54. The number of ketones is 1. The molecule has 0 atom stereocenters. The molecule has 0 aromatic carbocycles. The summed E-state index contributed by atoms with van der Waals surface area (Å²) in [6.07, 6.45) is 0. The Balaban J connectivity index is 3.10. The van der Waals surface area contributed by atoms with Crippen molar-refractivity contribution in [1.82, 2.24) is 4.90 Å². The molecule has 1 heterocycles. The van der Waals surface area contributed by atoms with Crippen LogP contribution >= 0.6 is 0 Å². The standard InChI is InChI=1S/C13H17N3O3/c1-5-16(6-2)13(18)15-12-10(7-14)11(8(3)17)9(4)19-12/h5-6H2,1-4H3,(H,15,18). The van der Waals surface area contributed by atoms with E-state index in [-0.39, 0.29) is 28.8 Å². The summed E-state index contributed by atoms with van der Waals surface area (Å²) in [5.74, 6) is 0.0992. The number of nitriles is 1. The Labute approximate surface area is 112 Å². The smallest absolute Gasteiger partial charge is 0.324 e. The fraction of sp³-hybridized carbons (Fsp3) is 0.462. The van der Waals surface area contributed by atoms with Crippen LogP contribution in [0.25, 0.3) is 0 Å². The molecular formula is C13H17N3O3. The number of aryl methyl sites for hydroxylation is 1. The first-order valence-corrected chi connectivity index (χ1v) is 6.06. The lowest BCUT2D eigenvalue weighted by Crippen LogP contribution is -2.34. The molecule has 0 fully saturated rings. The molecule has 6 nitrogen and oxygen atoms in total. The number of furan rings is 1. The second-order valence-electron chi connectivity index (χ2n) is 4.01. The van der Waals surface area contributed by atoms with Crippen LogP contribution in [0.2, 0.25) is 0 Å². The van der Waals surface area contributed by atoms with Crippen molar-refractivity contribution in [3.8, 4) is 6.07 Å². The van der Waals surface area contributed by atoms with Crippen LogP contribution in [-0.4, -0.2) is 29.8 Å². The first kappa shape index (κ1) is 14.8. The quantitative estimate of drug-likeness (QED) is 0.846. The maximum absolute atomic E-state index is 11.9. The van der Waals surface area contributed by atoms with Crippen LogP contribution in [0, 0.1) is 18.3 Å². The average molecular weight is 263 g/mol. The van der Waals surface area contributed by atoms with Gasteiger partial charge in [-0.1, -0.05) is 0 Å². The van der Waals surface area contributed by atoms with E-state index in [1.54, 1.807) is 11.8 Å². The summed E-state index contributed by atoms with van der Waals surface area (Å²) in [5.41, 5.74) is 0.294. The van der Waals surface area contributed by atoms with Crippen molar-refractivity contribution in [3.63, 3.8) is 0 Å². The van der Waals surface area contributed by atoms with Gasteiger partial charge in [0.05, 0.1) is 5.56 Å². The zero-order valence-corrected chi connectivity index (χ0v) is 11.5. The molecule has 0 spiro atoms. The topological polar surface area (TPSA) is 86.3 Å². The van der Waals surface area contributed by atoms with Crippen molar-refractivity contribution >= 4 is 17.7 Å². The van der Waals surface area contributed by atoms with Crippen molar-refractivity contribution in [1.29, 1.82) is 5.26 Å². The number of amides is 2. The molecule has 0 bridgehead atoms. The van der Waals surface area contributed by atoms with Gasteiger partial charge < -0.3 is 9.32 Å². The molecule has 0 aliphatic heterocycles. The van der Waals surface area contributed by atoms with Gasteiger partial charge in [0, 0.05) is 13.1 Å². The average Bonchev–Trinajstić information content (AvgIpc) is 2.66. The van der Waals surface area contributed by atoms with Crippen LogP contribution < -0.4 is 5.32 Å². The minimum atomic E-state index is -0.356. The lowest BCUT2D eigenvalue weighted by atomic mass is 10.1. The monoisotopic (exact) mass is 263 g/mol. The van der Waals surface area contributed by atoms with E-state index in [0.717, 1.165) is 0 Å². The number of urea groups is 1. The molecule has 1 rings (SSSR count). The van der Waals surface area contributed by atoms with E-state index in [4.69, 9.17) is 9.68 Å². The molecule has 0 saturated heterocycles. The Morgan fingerprint density at radius 3 is 2.37 bits per heavy atom. The van der Waals surface area contributed by atoms with Gasteiger partial charge in [0.25, 0.3) is 0 Å². The Morgan fingerprint density at radius 1 is 1.37 bits per heavy atom. The number of Topliss-reactive ketones (excluding diaryl/α,β-unsaturated/α-hetero) is 1. The van der Waals surface area contributed by atoms with Crippen molar-refractivity contribution in [2.24, 2.45) is 0 Å². The zero-order chi connectivity index (χ0) is 14.6. The van der Waals surface area contributed by atoms with Crippen LogP contribution in [0.15, 0.2) is 4.42 Å². The van der Waals surface area contributed by atoms with Crippen molar-refractivity contribution in [2.75, 3.05) is 18.4 Å². The summed E-state index contributed by atoms with van der Waals surface area (Å²) in [5, 5.41) is 11.6. The molecule has 1 N–H and O–H groups in total. The second-order valence-corrected chi connectivity index (χ2v) is 4.01. The van der Waals surface area contributed by atoms with Crippen LogP contribution in [0.5, 0.6) is 0 Å². The van der Waals surface area contributed by atoms with Crippen molar-refractivity contribution < 1.29 is 14.0 Å². The van der Waals surface area contributed by atoms with E-state index in [2.05, 4.69) is 5.32 Å². The Kier molecular flexibility index (Phi) is 4.70. The van der Waals surface area contributed by atoms with E-state index in [0.29, 0.717) is 18.8 Å². The Morgan fingerprint density at radius 2 is 1.95 bits per heavy atom. The molecule has 102 valence electrons. The lowest BCUT2D eigenvalue weighted by molar-refractivity contribution is 0.101. The summed E-state index contributed by atoms with van der Waals surface area (Å²) >= 11 is 0. The highest BCUT2D eigenvalue weighted by molar-refractivity contribution is 6.00. The number of carbonyl (C=O) groups is 2. The third-order valence-corrected chi connectivity index (χ3v) is 2.82. The summed E-state index contributed by atoms with van der Waals surface area (Å²) < 4.78 is 5.31. The highest BCUT2D eigenvalue weighted by atomic mass is 16.4. The minimum Gasteiger partial charge on any atom is -0.443 e. The SMILES string of the molecule is CCN(CC)C(=O)Nc1oc(C)c(C(C)=O)c1C#N. The Hall–Kier alpha value is -2.29. The summed E-state index contributed by atoms with van der Waals surface area (Å²) in [6.45, 7) is 7.73. The molecule has 1 aromatic rings. The lowest BCUT2D eigenvalue weighted by Gasteiger charge is -2.18. The number of rotatable bonds is 4. The number of carbonyl (C=O) groups excluding carboxylic acids is 2. The minimum absolute atomic E-state index is 0.0297. The maximum Gasteiger partial charge on any atom is 0.324 e. The van der Waals surface area contributed by atoms with E-state index >= 15 is 0 Å². The maximum atomic E-state index is 11.9. The number of nitrogens with zero attached hydrogens (tertiary/aromatic N) is 2. The molecule has 0 saturated carbocycles. The van der Waals surface area contributed by atoms with E-state index in [9.17, 15) is 9.59 Å². The molecule has 1 aromatic heterocycles. The zero-order valence-electron chi connectivity index (χ0n) is 11.5.